The summed E-state index contributed by atoms with van der Waals surface area (Å²) in [6.07, 6.45) is 1.93. The van der Waals surface area contributed by atoms with E-state index in [4.69, 9.17) is 9.47 Å². The van der Waals surface area contributed by atoms with E-state index < -0.39 is 23.9 Å². The summed E-state index contributed by atoms with van der Waals surface area (Å²) in [5.41, 5.74) is 0.427. The number of alkyl halides is 2. The van der Waals surface area contributed by atoms with Crippen molar-refractivity contribution in [2.45, 2.75) is 26.2 Å². The van der Waals surface area contributed by atoms with Gasteiger partial charge in [0.25, 0.3) is 0 Å². The second kappa shape index (κ2) is 6.73. The van der Waals surface area contributed by atoms with E-state index in [2.05, 4.69) is 0 Å². The lowest BCUT2D eigenvalue weighted by Crippen LogP contribution is -2.26. The van der Waals surface area contributed by atoms with Gasteiger partial charge in [0, 0.05) is 17.6 Å². The average molecular weight is 308 g/mol. The topological polar surface area (TPSA) is 35.5 Å². The largest absolute Gasteiger partial charge is 0.494 e. The smallest absolute Gasteiger partial charge is 0.308 e. The van der Waals surface area contributed by atoms with Crippen molar-refractivity contribution in [2.75, 3.05) is 13.2 Å². The highest BCUT2D eigenvalue weighted by atomic mass is 19.3. The number of halogens is 2. The van der Waals surface area contributed by atoms with Gasteiger partial charge in [-0.05, 0) is 44.2 Å². The average Bonchev–Trinajstić information content (AvgIpc) is 2.49. The van der Waals surface area contributed by atoms with Crippen molar-refractivity contribution in [3.8, 4) is 5.75 Å². The molecule has 0 bridgehead atoms. The van der Waals surface area contributed by atoms with E-state index in [0.717, 1.165) is 0 Å². The van der Waals surface area contributed by atoms with Gasteiger partial charge in [0.2, 0.25) is 0 Å². The SMILES string of the molecule is CCOC1=CC=C(C(=O)c2ccc(OCC)cc2)CC1(F)F. The summed E-state index contributed by atoms with van der Waals surface area (Å²) in [4.78, 5) is 12.3. The minimum absolute atomic E-state index is 0.0672. The summed E-state index contributed by atoms with van der Waals surface area (Å²) in [5, 5.41) is 0. The lowest BCUT2D eigenvalue weighted by molar-refractivity contribution is -0.0208. The van der Waals surface area contributed by atoms with Crippen molar-refractivity contribution in [3.63, 3.8) is 0 Å². The number of hydrogen-bond donors (Lipinski definition) is 0. The maximum atomic E-state index is 13.9. The molecule has 1 aliphatic carbocycles. The summed E-state index contributed by atoms with van der Waals surface area (Å²) >= 11 is 0. The van der Waals surface area contributed by atoms with Gasteiger partial charge in [-0.3, -0.25) is 4.79 Å². The zero-order valence-electron chi connectivity index (χ0n) is 12.6. The second-order valence-corrected chi connectivity index (χ2v) is 4.82. The van der Waals surface area contributed by atoms with Crippen molar-refractivity contribution in [1.82, 2.24) is 0 Å². The predicted octanol–water partition coefficient (Wildman–Crippen LogP) is 4.15. The summed E-state index contributed by atoms with van der Waals surface area (Å²) in [5.74, 6) is -3.31. The molecule has 118 valence electrons. The van der Waals surface area contributed by atoms with Crippen LogP contribution in [0.25, 0.3) is 0 Å². The number of hydrogen-bond acceptors (Lipinski definition) is 3. The number of rotatable bonds is 6. The third-order valence-electron chi connectivity index (χ3n) is 3.23. The van der Waals surface area contributed by atoms with Crippen molar-refractivity contribution >= 4 is 5.78 Å². The van der Waals surface area contributed by atoms with Gasteiger partial charge in [-0.1, -0.05) is 6.08 Å². The fraction of sp³-hybridized carbons (Fsp3) is 0.353. The molecule has 0 aliphatic heterocycles. The van der Waals surface area contributed by atoms with Crippen molar-refractivity contribution < 1.29 is 23.0 Å². The Morgan fingerprint density at radius 2 is 1.73 bits per heavy atom. The monoisotopic (exact) mass is 308 g/mol. The predicted molar refractivity (Wildman–Crippen MR) is 79.3 cm³/mol. The van der Waals surface area contributed by atoms with E-state index in [0.29, 0.717) is 17.9 Å². The molecule has 0 heterocycles. The molecule has 22 heavy (non-hydrogen) atoms. The van der Waals surface area contributed by atoms with Gasteiger partial charge in [-0.25, -0.2) is 0 Å². The summed E-state index contributed by atoms with van der Waals surface area (Å²) in [6.45, 7) is 4.19. The number of allylic oxidation sites excluding steroid dienone is 4. The normalized spacial score (nSPS) is 16.5. The number of Topliss-reactive ketones (excluding diaryl/α,β-unsaturated/α-hetero) is 1. The van der Waals surface area contributed by atoms with E-state index in [1.807, 2.05) is 6.92 Å². The molecule has 0 aromatic heterocycles. The van der Waals surface area contributed by atoms with Crippen LogP contribution in [0.2, 0.25) is 0 Å². The molecule has 0 atom stereocenters. The molecule has 0 saturated carbocycles. The van der Waals surface area contributed by atoms with E-state index in [1.165, 1.54) is 12.2 Å². The molecule has 1 aliphatic rings. The van der Waals surface area contributed by atoms with Gasteiger partial charge >= 0.3 is 5.92 Å². The summed E-state index contributed by atoms with van der Waals surface area (Å²) < 4.78 is 38.1. The first kappa shape index (κ1) is 16.2. The molecule has 0 spiro atoms. The van der Waals surface area contributed by atoms with E-state index in [9.17, 15) is 13.6 Å². The molecule has 1 aromatic carbocycles. The molecule has 3 nitrogen and oxygen atoms in total. The number of benzene rings is 1. The highest BCUT2D eigenvalue weighted by Gasteiger charge is 2.40. The van der Waals surface area contributed by atoms with Gasteiger partial charge in [-0.2, -0.15) is 8.78 Å². The molecule has 0 N–H and O–H groups in total. The first-order chi connectivity index (χ1) is 10.5. The highest BCUT2D eigenvalue weighted by Crippen LogP contribution is 2.36. The molecule has 5 heteroatoms. The Hall–Kier alpha value is -2.17. The van der Waals surface area contributed by atoms with Crippen molar-refractivity contribution in [2.24, 2.45) is 0 Å². The third kappa shape index (κ3) is 3.53. The highest BCUT2D eigenvalue weighted by molar-refractivity contribution is 6.09. The molecule has 0 fully saturated rings. The third-order valence-corrected chi connectivity index (χ3v) is 3.23. The standard InChI is InChI=1S/C17H18F2O3/c1-3-21-14-8-5-12(6-9-14)16(20)13-7-10-15(22-4-2)17(18,19)11-13/h5-10H,3-4,11H2,1-2H3. The molecule has 2 rings (SSSR count). The van der Waals surface area contributed by atoms with Crippen LogP contribution < -0.4 is 4.74 Å². The first-order valence-electron chi connectivity index (χ1n) is 7.17. The zero-order chi connectivity index (χ0) is 16.2. The van der Waals surface area contributed by atoms with E-state index >= 15 is 0 Å². The Morgan fingerprint density at radius 3 is 2.27 bits per heavy atom. The maximum Gasteiger partial charge on any atom is 0.308 e. The molecule has 0 radical (unpaired) electrons. The van der Waals surface area contributed by atoms with Crippen molar-refractivity contribution in [1.29, 1.82) is 0 Å². The van der Waals surface area contributed by atoms with Crippen LogP contribution in [0.3, 0.4) is 0 Å². The van der Waals surface area contributed by atoms with Crippen LogP contribution in [-0.4, -0.2) is 24.9 Å². The van der Waals surface area contributed by atoms with Crippen LogP contribution in [0.15, 0.2) is 47.7 Å². The maximum absolute atomic E-state index is 13.9. The Balaban J connectivity index is 2.19. The Kier molecular flexibility index (Phi) is 4.96. The number of carbonyl (C=O) groups excluding carboxylic acids is 1. The van der Waals surface area contributed by atoms with E-state index in [-0.39, 0.29) is 12.2 Å². The van der Waals surface area contributed by atoms with Gasteiger partial charge in [0.05, 0.1) is 13.2 Å². The second-order valence-electron chi connectivity index (χ2n) is 4.82. The lowest BCUT2D eigenvalue weighted by atomic mass is 9.93. The Bertz CT molecular complexity index is 601. The fourth-order valence-corrected chi connectivity index (χ4v) is 2.20. The minimum Gasteiger partial charge on any atom is -0.494 e. The Labute approximate surface area is 128 Å². The number of ether oxygens (including phenoxy) is 2. The lowest BCUT2D eigenvalue weighted by Gasteiger charge is -2.23. The van der Waals surface area contributed by atoms with Crippen LogP contribution >= 0.6 is 0 Å². The van der Waals surface area contributed by atoms with Crippen LogP contribution in [-0.2, 0) is 4.74 Å². The van der Waals surface area contributed by atoms with Crippen LogP contribution in [0, 0.1) is 0 Å². The molecular weight excluding hydrogens is 290 g/mol. The van der Waals surface area contributed by atoms with Gasteiger partial charge in [0.1, 0.15) is 5.75 Å². The van der Waals surface area contributed by atoms with Gasteiger partial charge in [-0.15, -0.1) is 0 Å². The Morgan fingerprint density at radius 1 is 1.09 bits per heavy atom. The summed E-state index contributed by atoms with van der Waals surface area (Å²) in [6, 6.07) is 6.46. The van der Waals surface area contributed by atoms with Crippen molar-refractivity contribution in [3.05, 3.63) is 53.3 Å². The molecule has 0 amide bonds. The van der Waals surface area contributed by atoms with Crippen LogP contribution in [0.5, 0.6) is 5.75 Å². The van der Waals surface area contributed by atoms with Gasteiger partial charge in [0.15, 0.2) is 11.5 Å². The van der Waals surface area contributed by atoms with Crippen LogP contribution in [0.1, 0.15) is 30.6 Å². The molecule has 0 saturated heterocycles. The minimum atomic E-state index is -3.15. The summed E-state index contributed by atoms with van der Waals surface area (Å²) in [7, 11) is 0. The zero-order valence-corrected chi connectivity index (χ0v) is 12.6. The van der Waals surface area contributed by atoms with E-state index in [1.54, 1.807) is 31.2 Å². The molecule has 0 unspecified atom stereocenters. The fourth-order valence-electron chi connectivity index (χ4n) is 2.20. The quantitative estimate of drug-likeness (QED) is 0.740. The van der Waals surface area contributed by atoms with Gasteiger partial charge < -0.3 is 9.47 Å². The molecule has 1 aromatic rings. The molecular formula is C17H18F2O3. The first-order valence-corrected chi connectivity index (χ1v) is 7.17. The number of ketones is 1. The van der Waals surface area contributed by atoms with Crippen LogP contribution in [0.4, 0.5) is 8.78 Å². The number of carbonyl (C=O) groups is 1.